The molecule has 0 radical (unpaired) electrons. The monoisotopic (exact) mass is 378 g/mol. The summed E-state index contributed by atoms with van der Waals surface area (Å²) in [5.41, 5.74) is 2.51. The molecule has 0 unspecified atom stereocenters. The molecular weight excluding hydrogens is 352 g/mol. The molecule has 1 spiro atoms. The molecule has 2 aromatic rings. The van der Waals surface area contributed by atoms with Gasteiger partial charge in [0.2, 0.25) is 0 Å². The van der Waals surface area contributed by atoms with E-state index in [4.69, 9.17) is 14.7 Å². The van der Waals surface area contributed by atoms with Crippen molar-refractivity contribution in [2.45, 2.75) is 37.4 Å². The van der Waals surface area contributed by atoms with Crippen molar-refractivity contribution < 1.29 is 14.6 Å². The lowest BCUT2D eigenvalue weighted by atomic mass is 9.81. The van der Waals surface area contributed by atoms with Gasteiger partial charge < -0.3 is 19.5 Å². The van der Waals surface area contributed by atoms with E-state index in [2.05, 4.69) is 11.0 Å². The third kappa shape index (κ3) is 3.84. The first-order valence-corrected chi connectivity index (χ1v) is 9.87. The van der Waals surface area contributed by atoms with E-state index in [1.54, 1.807) is 7.11 Å². The van der Waals surface area contributed by atoms with Crippen LogP contribution in [0.2, 0.25) is 0 Å². The van der Waals surface area contributed by atoms with Gasteiger partial charge in [-0.1, -0.05) is 12.1 Å². The van der Waals surface area contributed by atoms with Crippen LogP contribution in [0.25, 0.3) is 0 Å². The number of nitriles is 1. The summed E-state index contributed by atoms with van der Waals surface area (Å²) in [6.45, 7) is 2.93. The van der Waals surface area contributed by atoms with Gasteiger partial charge in [-0.15, -0.1) is 0 Å². The van der Waals surface area contributed by atoms with Crippen LogP contribution in [0.3, 0.4) is 0 Å². The number of rotatable bonds is 4. The molecule has 2 heterocycles. The Kier molecular flexibility index (Phi) is 5.25. The smallest absolute Gasteiger partial charge is 0.126 e. The first kappa shape index (κ1) is 18.8. The SMILES string of the molecule is COc1ccc2c(c1)[C@H](O)CC1(CCN(CCc3ccc(C#N)cc3)CC1)O2. The second kappa shape index (κ2) is 7.83. The highest BCUT2D eigenvalue weighted by atomic mass is 16.5. The van der Waals surface area contributed by atoms with Crippen molar-refractivity contribution in [2.75, 3.05) is 26.7 Å². The average molecular weight is 378 g/mol. The number of nitrogens with zero attached hydrogens (tertiary/aromatic N) is 2. The van der Waals surface area contributed by atoms with Crippen molar-refractivity contribution in [2.24, 2.45) is 0 Å². The molecule has 0 bridgehead atoms. The number of benzene rings is 2. The molecule has 0 aromatic heterocycles. The van der Waals surface area contributed by atoms with Gasteiger partial charge in [0.25, 0.3) is 0 Å². The highest BCUT2D eigenvalue weighted by molar-refractivity contribution is 5.43. The molecule has 0 amide bonds. The summed E-state index contributed by atoms with van der Waals surface area (Å²) in [4.78, 5) is 2.46. The summed E-state index contributed by atoms with van der Waals surface area (Å²) in [5, 5.41) is 19.6. The Hall–Kier alpha value is -2.55. The summed E-state index contributed by atoms with van der Waals surface area (Å²) in [5.74, 6) is 1.53. The summed E-state index contributed by atoms with van der Waals surface area (Å²) in [6.07, 6.45) is 2.94. The molecule has 4 rings (SSSR count). The summed E-state index contributed by atoms with van der Waals surface area (Å²) in [6, 6.07) is 15.7. The molecule has 1 N–H and O–H groups in total. The molecule has 5 nitrogen and oxygen atoms in total. The highest BCUT2D eigenvalue weighted by Gasteiger charge is 2.42. The van der Waals surface area contributed by atoms with E-state index >= 15 is 0 Å². The van der Waals surface area contributed by atoms with Gasteiger partial charge in [-0.05, 0) is 55.2 Å². The second-order valence-electron chi connectivity index (χ2n) is 7.81. The van der Waals surface area contributed by atoms with Crippen LogP contribution in [0, 0.1) is 11.3 Å². The summed E-state index contributed by atoms with van der Waals surface area (Å²) >= 11 is 0. The van der Waals surface area contributed by atoms with Gasteiger partial charge in [0.15, 0.2) is 0 Å². The molecule has 0 aliphatic carbocycles. The molecule has 2 aliphatic heterocycles. The van der Waals surface area contributed by atoms with E-state index in [0.717, 1.165) is 56.0 Å². The number of fused-ring (bicyclic) bond motifs is 1. The lowest BCUT2D eigenvalue weighted by Gasteiger charge is -2.46. The fraction of sp³-hybridized carbons (Fsp3) is 0.435. The Morgan fingerprint density at radius 2 is 1.96 bits per heavy atom. The molecule has 5 heteroatoms. The summed E-state index contributed by atoms with van der Waals surface area (Å²) in [7, 11) is 1.63. The third-order valence-corrected chi connectivity index (χ3v) is 6.03. The van der Waals surface area contributed by atoms with Gasteiger partial charge >= 0.3 is 0 Å². The first-order chi connectivity index (χ1) is 13.6. The minimum absolute atomic E-state index is 0.272. The number of aliphatic hydroxyl groups excluding tert-OH is 1. The fourth-order valence-electron chi connectivity index (χ4n) is 4.27. The Bertz CT molecular complexity index is 864. The van der Waals surface area contributed by atoms with Gasteiger partial charge in [0.1, 0.15) is 17.1 Å². The quantitative estimate of drug-likeness (QED) is 0.883. The van der Waals surface area contributed by atoms with E-state index in [1.165, 1.54) is 5.56 Å². The number of hydrogen-bond acceptors (Lipinski definition) is 5. The molecule has 2 aliphatic rings. The predicted molar refractivity (Wildman–Crippen MR) is 106 cm³/mol. The van der Waals surface area contributed by atoms with E-state index < -0.39 is 6.10 Å². The molecular formula is C23H26N2O3. The zero-order valence-electron chi connectivity index (χ0n) is 16.2. The minimum atomic E-state index is -0.510. The Labute approximate surface area is 166 Å². The molecule has 1 atom stereocenters. The predicted octanol–water partition coefficient (Wildman–Crippen LogP) is 3.46. The molecule has 2 aromatic carbocycles. The molecule has 146 valence electrons. The number of piperidine rings is 1. The van der Waals surface area contributed by atoms with Gasteiger partial charge in [-0.3, -0.25) is 0 Å². The molecule has 1 saturated heterocycles. The van der Waals surface area contributed by atoms with Crippen molar-refractivity contribution >= 4 is 0 Å². The van der Waals surface area contributed by atoms with Gasteiger partial charge in [-0.2, -0.15) is 5.26 Å². The largest absolute Gasteiger partial charge is 0.497 e. The standard InChI is InChI=1S/C23H26N2O3/c1-27-19-6-7-22-20(14-19)21(26)15-23(28-22)9-12-25(13-10-23)11-8-17-2-4-18(16-24)5-3-17/h2-7,14,21,26H,8-13,15H2,1H3/t21-/m1/s1. The third-order valence-electron chi connectivity index (χ3n) is 6.03. The maximum Gasteiger partial charge on any atom is 0.126 e. The normalized spacial score (nSPS) is 20.8. The second-order valence-corrected chi connectivity index (χ2v) is 7.81. The number of hydrogen-bond donors (Lipinski definition) is 1. The van der Waals surface area contributed by atoms with Crippen molar-refractivity contribution in [3.05, 3.63) is 59.2 Å². The Morgan fingerprint density at radius 3 is 2.64 bits per heavy atom. The number of ether oxygens (including phenoxy) is 2. The van der Waals surface area contributed by atoms with E-state index in [-0.39, 0.29) is 5.60 Å². The maximum absolute atomic E-state index is 10.7. The van der Waals surface area contributed by atoms with Gasteiger partial charge in [-0.25, -0.2) is 0 Å². The van der Waals surface area contributed by atoms with Gasteiger partial charge in [0.05, 0.1) is 24.8 Å². The minimum Gasteiger partial charge on any atom is -0.497 e. The topological polar surface area (TPSA) is 65.7 Å². The zero-order chi connectivity index (χ0) is 19.6. The van der Waals surface area contributed by atoms with Crippen LogP contribution in [0.15, 0.2) is 42.5 Å². The van der Waals surface area contributed by atoms with Crippen LogP contribution in [-0.2, 0) is 6.42 Å². The lowest BCUT2D eigenvalue weighted by molar-refractivity contribution is -0.0537. The van der Waals surface area contributed by atoms with Crippen molar-refractivity contribution in [3.8, 4) is 17.6 Å². The Morgan fingerprint density at radius 1 is 1.21 bits per heavy atom. The van der Waals surface area contributed by atoms with Crippen LogP contribution in [0.1, 0.15) is 42.1 Å². The van der Waals surface area contributed by atoms with Crippen LogP contribution in [0.5, 0.6) is 11.5 Å². The van der Waals surface area contributed by atoms with E-state index in [1.807, 2.05) is 42.5 Å². The van der Waals surface area contributed by atoms with Crippen LogP contribution in [0.4, 0.5) is 0 Å². The van der Waals surface area contributed by atoms with Gasteiger partial charge in [0, 0.05) is 31.6 Å². The van der Waals surface area contributed by atoms with Crippen LogP contribution >= 0.6 is 0 Å². The molecule has 28 heavy (non-hydrogen) atoms. The zero-order valence-corrected chi connectivity index (χ0v) is 16.2. The van der Waals surface area contributed by atoms with Crippen molar-refractivity contribution in [3.63, 3.8) is 0 Å². The highest BCUT2D eigenvalue weighted by Crippen LogP contribution is 2.45. The van der Waals surface area contributed by atoms with Crippen molar-refractivity contribution in [1.82, 2.24) is 4.90 Å². The number of aliphatic hydroxyl groups is 1. The molecule has 1 fully saturated rings. The Balaban J connectivity index is 1.35. The van der Waals surface area contributed by atoms with E-state index in [9.17, 15) is 5.11 Å². The average Bonchev–Trinajstić information content (AvgIpc) is 2.73. The number of methoxy groups -OCH3 is 1. The lowest BCUT2D eigenvalue weighted by Crippen LogP contribution is -2.50. The summed E-state index contributed by atoms with van der Waals surface area (Å²) < 4.78 is 11.7. The number of likely N-dealkylation sites (tertiary alicyclic amines) is 1. The van der Waals surface area contributed by atoms with E-state index in [0.29, 0.717) is 12.0 Å². The maximum atomic E-state index is 10.7. The fourth-order valence-corrected chi connectivity index (χ4v) is 4.27. The van der Waals surface area contributed by atoms with Crippen molar-refractivity contribution in [1.29, 1.82) is 5.26 Å². The van der Waals surface area contributed by atoms with Crippen LogP contribution < -0.4 is 9.47 Å². The van der Waals surface area contributed by atoms with Crippen LogP contribution in [-0.4, -0.2) is 42.4 Å². The first-order valence-electron chi connectivity index (χ1n) is 9.87. The molecule has 0 saturated carbocycles.